The van der Waals surface area contributed by atoms with E-state index in [2.05, 4.69) is 4.99 Å². The number of carboxylic acid groups (broad SMARTS) is 1. The molecule has 0 radical (unpaired) electrons. The highest BCUT2D eigenvalue weighted by Gasteiger charge is 2.43. The number of nitrogens with zero attached hydrogens (tertiary/aromatic N) is 2. The number of thiazole rings is 1. The van der Waals surface area contributed by atoms with Crippen molar-refractivity contribution in [3.05, 3.63) is 16.4 Å². The highest BCUT2D eigenvalue weighted by Crippen LogP contribution is 2.38. The molecule has 1 saturated carbocycles. The maximum absolute atomic E-state index is 11.5. The van der Waals surface area contributed by atoms with Crippen molar-refractivity contribution in [2.45, 2.75) is 6.42 Å². The second-order valence-electron chi connectivity index (χ2n) is 3.51. The van der Waals surface area contributed by atoms with Crippen LogP contribution in [0.1, 0.15) is 6.42 Å². The summed E-state index contributed by atoms with van der Waals surface area (Å²) in [7, 11) is 1.78. The SMILES string of the molecule is Cn1ccsc1=NC(=O)[C@@H]1C[C@H]1C(=O)[O-]. The highest BCUT2D eigenvalue weighted by atomic mass is 32.1. The molecule has 0 unspecified atom stereocenters. The Hall–Kier alpha value is -1.43. The molecular formula is C9H9N2O3S-. The molecule has 1 aromatic rings. The number of aryl methyl sites for hydroxylation is 1. The van der Waals surface area contributed by atoms with Gasteiger partial charge in [-0.2, -0.15) is 4.99 Å². The first kappa shape index (κ1) is 10.1. The standard InChI is InChI=1S/C9H10N2O3S/c1-11-2-3-15-9(11)10-7(12)5-4-6(5)8(13)14/h2-3,5-6H,4H2,1H3,(H,13,14)/p-1/t5-,6-/m1/s1. The molecule has 1 fully saturated rings. The topological polar surface area (TPSA) is 74.5 Å². The van der Waals surface area contributed by atoms with Crippen molar-refractivity contribution in [1.82, 2.24) is 4.57 Å². The van der Waals surface area contributed by atoms with E-state index in [-0.39, 0.29) is 5.91 Å². The van der Waals surface area contributed by atoms with Gasteiger partial charge in [0.1, 0.15) is 0 Å². The Kier molecular flexibility index (Phi) is 2.44. The van der Waals surface area contributed by atoms with Crippen LogP contribution in [0.3, 0.4) is 0 Å². The second-order valence-corrected chi connectivity index (χ2v) is 4.39. The lowest BCUT2D eigenvalue weighted by atomic mass is 10.3. The van der Waals surface area contributed by atoms with Crippen LogP contribution in [0, 0.1) is 11.8 Å². The number of carbonyl (C=O) groups is 2. The van der Waals surface area contributed by atoms with Crippen molar-refractivity contribution in [1.29, 1.82) is 0 Å². The van der Waals surface area contributed by atoms with Crippen LogP contribution in [0.4, 0.5) is 0 Å². The van der Waals surface area contributed by atoms with Crippen LogP contribution in [0.2, 0.25) is 0 Å². The second kappa shape index (κ2) is 3.62. The minimum atomic E-state index is -1.15. The number of rotatable bonds is 2. The minimum Gasteiger partial charge on any atom is -0.550 e. The Morgan fingerprint density at radius 2 is 2.33 bits per heavy atom. The van der Waals surface area contributed by atoms with Crippen LogP contribution in [-0.2, 0) is 16.6 Å². The Morgan fingerprint density at radius 3 is 2.80 bits per heavy atom. The third-order valence-corrected chi connectivity index (χ3v) is 3.22. The third-order valence-electron chi connectivity index (χ3n) is 2.38. The van der Waals surface area contributed by atoms with Gasteiger partial charge in [-0.3, -0.25) is 4.79 Å². The van der Waals surface area contributed by atoms with Crippen molar-refractivity contribution in [3.63, 3.8) is 0 Å². The quantitative estimate of drug-likeness (QED) is 0.641. The molecule has 0 saturated heterocycles. The normalized spacial score (nSPS) is 25.3. The van der Waals surface area contributed by atoms with E-state index in [0.29, 0.717) is 11.2 Å². The lowest BCUT2D eigenvalue weighted by Crippen LogP contribution is -2.26. The van der Waals surface area contributed by atoms with E-state index in [9.17, 15) is 14.7 Å². The van der Waals surface area contributed by atoms with Crippen LogP contribution >= 0.6 is 11.3 Å². The van der Waals surface area contributed by atoms with Crippen molar-refractivity contribution >= 4 is 23.2 Å². The molecule has 2 atom stereocenters. The largest absolute Gasteiger partial charge is 0.550 e. The van der Waals surface area contributed by atoms with Gasteiger partial charge in [0.05, 0.1) is 0 Å². The first-order valence-corrected chi connectivity index (χ1v) is 5.37. The summed E-state index contributed by atoms with van der Waals surface area (Å²) < 4.78 is 1.72. The van der Waals surface area contributed by atoms with Crippen molar-refractivity contribution in [3.8, 4) is 0 Å². The molecule has 0 spiro atoms. The van der Waals surface area contributed by atoms with E-state index in [0.717, 1.165) is 0 Å². The average molecular weight is 225 g/mol. The summed E-state index contributed by atoms with van der Waals surface area (Å²) >= 11 is 1.35. The molecule has 1 amide bonds. The first-order valence-electron chi connectivity index (χ1n) is 4.49. The van der Waals surface area contributed by atoms with Crippen molar-refractivity contribution in [2.75, 3.05) is 0 Å². The predicted molar refractivity (Wildman–Crippen MR) is 50.5 cm³/mol. The van der Waals surface area contributed by atoms with Crippen LogP contribution in [-0.4, -0.2) is 16.4 Å². The van der Waals surface area contributed by atoms with E-state index >= 15 is 0 Å². The van der Waals surface area contributed by atoms with Gasteiger partial charge in [-0.25, -0.2) is 0 Å². The first-order chi connectivity index (χ1) is 7.09. The smallest absolute Gasteiger partial charge is 0.252 e. The highest BCUT2D eigenvalue weighted by molar-refractivity contribution is 7.07. The van der Waals surface area contributed by atoms with Gasteiger partial charge in [-0.1, -0.05) is 0 Å². The molecule has 1 aliphatic carbocycles. The van der Waals surface area contributed by atoms with Gasteiger partial charge in [-0.05, 0) is 6.42 Å². The number of aliphatic carboxylic acids is 1. The summed E-state index contributed by atoms with van der Waals surface area (Å²) in [6, 6.07) is 0. The number of amides is 1. The average Bonchev–Trinajstić information content (AvgIpc) is 2.88. The molecule has 2 rings (SSSR count). The lowest BCUT2D eigenvalue weighted by molar-refractivity contribution is -0.308. The number of hydrogen-bond acceptors (Lipinski definition) is 4. The molecule has 0 N–H and O–H groups in total. The fourth-order valence-corrected chi connectivity index (χ4v) is 2.08. The van der Waals surface area contributed by atoms with Gasteiger partial charge in [0.15, 0.2) is 4.80 Å². The maximum atomic E-state index is 11.5. The molecule has 1 heterocycles. The lowest BCUT2D eigenvalue weighted by Gasteiger charge is -1.96. The van der Waals surface area contributed by atoms with E-state index in [1.165, 1.54) is 11.3 Å². The Bertz CT molecular complexity index is 474. The monoisotopic (exact) mass is 225 g/mol. The van der Waals surface area contributed by atoms with Crippen molar-refractivity contribution < 1.29 is 14.7 Å². The van der Waals surface area contributed by atoms with Gasteiger partial charge in [0.2, 0.25) is 0 Å². The van der Waals surface area contributed by atoms with Gasteiger partial charge in [0.25, 0.3) is 5.91 Å². The Balaban J connectivity index is 2.13. The van der Waals surface area contributed by atoms with E-state index < -0.39 is 17.8 Å². The molecule has 15 heavy (non-hydrogen) atoms. The fraction of sp³-hybridized carbons (Fsp3) is 0.444. The van der Waals surface area contributed by atoms with Crippen LogP contribution < -0.4 is 9.91 Å². The summed E-state index contributed by atoms with van der Waals surface area (Å²) in [6.07, 6.45) is 2.15. The molecule has 0 aromatic carbocycles. The summed E-state index contributed by atoms with van der Waals surface area (Å²) in [5.41, 5.74) is 0. The molecule has 0 bridgehead atoms. The molecule has 6 heteroatoms. The number of aromatic nitrogens is 1. The summed E-state index contributed by atoms with van der Waals surface area (Å²) in [5.74, 6) is -2.62. The van der Waals surface area contributed by atoms with Crippen LogP contribution in [0.15, 0.2) is 16.6 Å². The van der Waals surface area contributed by atoms with Gasteiger partial charge >= 0.3 is 0 Å². The van der Waals surface area contributed by atoms with Gasteiger partial charge in [-0.15, -0.1) is 11.3 Å². The van der Waals surface area contributed by atoms with Crippen LogP contribution in [0.25, 0.3) is 0 Å². The van der Waals surface area contributed by atoms with E-state index in [4.69, 9.17) is 0 Å². The van der Waals surface area contributed by atoms with Gasteiger partial charge in [0, 0.05) is 36.4 Å². The third kappa shape index (κ3) is 1.99. The zero-order chi connectivity index (χ0) is 11.0. The molecular weight excluding hydrogens is 216 g/mol. The van der Waals surface area contributed by atoms with Crippen LogP contribution in [0.5, 0.6) is 0 Å². The van der Waals surface area contributed by atoms with Gasteiger partial charge < -0.3 is 14.5 Å². The molecule has 80 valence electrons. The Labute approximate surface area is 89.7 Å². The molecule has 5 nitrogen and oxygen atoms in total. The summed E-state index contributed by atoms with van der Waals surface area (Å²) in [5, 5.41) is 12.3. The molecule has 0 aliphatic heterocycles. The predicted octanol–water partition coefficient (Wildman–Crippen LogP) is -1.10. The van der Waals surface area contributed by atoms with E-state index in [1.54, 1.807) is 17.8 Å². The number of hydrogen-bond donors (Lipinski definition) is 0. The van der Waals surface area contributed by atoms with Crippen molar-refractivity contribution in [2.24, 2.45) is 23.9 Å². The fourth-order valence-electron chi connectivity index (χ4n) is 1.34. The maximum Gasteiger partial charge on any atom is 0.252 e. The minimum absolute atomic E-state index is 0.359. The summed E-state index contributed by atoms with van der Waals surface area (Å²) in [4.78, 5) is 26.4. The Morgan fingerprint density at radius 1 is 1.60 bits per heavy atom. The van der Waals surface area contributed by atoms with E-state index in [1.807, 2.05) is 5.38 Å². The molecule has 1 aromatic heterocycles. The zero-order valence-corrected chi connectivity index (χ0v) is 8.86. The summed E-state index contributed by atoms with van der Waals surface area (Å²) in [6.45, 7) is 0. The number of carboxylic acids is 1. The molecule has 1 aliphatic rings. The zero-order valence-electron chi connectivity index (χ0n) is 8.04. The number of carbonyl (C=O) groups excluding carboxylic acids is 2.